The summed E-state index contributed by atoms with van der Waals surface area (Å²) >= 11 is 12.9. The van der Waals surface area contributed by atoms with E-state index in [1.165, 1.54) is 22.8 Å². The maximum absolute atomic E-state index is 14.1. The Morgan fingerprint density at radius 1 is 1.25 bits per heavy atom. The van der Waals surface area contributed by atoms with Gasteiger partial charge in [0.2, 0.25) is 0 Å². The van der Waals surface area contributed by atoms with E-state index in [4.69, 9.17) is 23.2 Å². The van der Waals surface area contributed by atoms with E-state index in [1.807, 2.05) is 0 Å². The second kappa shape index (κ2) is 6.63. The monoisotopic (exact) mass is 386 g/mol. The lowest BCUT2D eigenvalue weighted by atomic mass is 10.2. The van der Waals surface area contributed by atoms with E-state index in [-0.39, 0.29) is 20.9 Å². The molecule has 3 aromatic rings. The first-order chi connectivity index (χ1) is 11.4. The molecule has 0 saturated carbocycles. The molecule has 1 heterocycles. The summed E-state index contributed by atoms with van der Waals surface area (Å²) in [4.78, 5) is 16.7. The Hall–Kier alpha value is -1.76. The van der Waals surface area contributed by atoms with Crippen LogP contribution in [0.25, 0.3) is 10.2 Å². The summed E-state index contributed by atoms with van der Waals surface area (Å²) < 4.78 is 29.4. The summed E-state index contributed by atoms with van der Waals surface area (Å²) in [7, 11) is 0. The zero-order valence-electron chi connectivity index (χ0n) is 12.3. The molecule has 0 aliphatic carbocycles. The first kappa shape index (κ1) is 17.1. The molecule has 0 saturated heterocycles. The summed E-state index contributed by atoms with van der Waals surface area (Å²) in [5.74, 6) is -1.98. The Kier molecular flexibility index (Phi) is 4.71. The van der Waals surface area contributed by atoms with Gasteiger partial charge in [0.15, 0.2) is 10.6 Å². The van der Waals surface area contributed by atoms with E-state index in [2.05, 4.69) is 4.99 Å². The van der Waals surface area contributed by atoms with E-state index in [1.54, 1.807) is 13.0 Å². The largest absolute Gasteiger partial charge is 0.314 e. The summed E-state index contributed by atoms with van der Waals surface area (Å²) in [6.45, 7) is 2.16. The molecule has 0 spiro atoms. The molecule has 0 unspecified atom stereocenters. The summed E-state index contributed by atoms with van der Waals surface area (Å²) in [5.41, 5.74) is 0.364. The van der Waals surface area contributed by atoms with Crippen molar-refractivity contribution >= 4 is 50.7 Å². The maximum Gasteiger partial charge on any atom is 0.281 e. The number of carbonyl (C=O) groups is 1. The number of hydrogen-bond donors (Lipinski definition) is 0. The van der Waals surface area contributed by atoms with Crippen molar-refractivity contribution in [2.75, 3.05) is 0 Å². The van der Waals surface area contributed by atoms with Gasteiger partial charge in [0.1, 0.15) is 5.82 Å². The van der Waals surface area contributed by atoms with E-state index in [9.17, 15) is 13.6 Å². The number of hydrogen-bond acceptors (Lipinski definition) is 2. The standard InChI is InChI=1S/C16H10Cl2F2N2OS/c1-2-22-14-12(20)6-9(19)7-13(14)24-16(22)21-15(23)10-5-8(17)3-4-11(10)18/h3-7H,2H2,1H3. The van der Waals surface area contributed by atoms with Gasteiger partial charge in [0, 0.05) is 17.6 Å². The highest BCUT2D eigenvalue weighted by Gasteiger charge is 2.15. The van der Waals surface area contributed by atoms with Crippen LogP contribution in [0, 0.1) is 11.6 Å². The number of fused-ring (bicyclic) bond motifs is 1. The summed E-state index contributed by atoms with van der Waals surface area (Å²) in [6.07, 6.45) is 0. The fraction of sp³-hybridized carbons (Fsp3) is 0.125. The lowest BCUT2D eigenvalue weighted by molar-refractivity contribution is 0.0998. The molecule has 0 N–H and O–H groups in total. The number of nitrogens with zero attached hydrogens (tertiary/aromatic N) is 2. The molecule has 3 rings (SSSR count). The molecule has 1 amide bonds. The highest BCUT2D eigenvalue weighted by atomic mass is 35.5. The minimum absolute atomic E-state index is 0.149. The van der Waals surface area contributed by atoms with Crippen LogP contribution in [0.2, 0.25) is 10.0 Å². The first-order valence-electron chi connectivity index (χ1n) is 6.93. The van der Waals surface area contributed by atoms with Gasteiger partial charge in [-0.1, -0.05) is 34.5 Å². The SMILES string of the molecule is CCn1c(=NC(=O)c2cc(Cl)ccc2Cl)sc2cc(F)cc(F)c21. The number of amides is 1. The second-order valence-corrected chi connectivity index (χ2v) is 6.76. The number of rotatable bonds is 2. The molecule has 124 valence electrons. The molecule has 3 nitrogen and oxygen atoms in total. The zero-order chi connectivity index (χ0) is 17.4. The predicted octanol–water partition coefficient (Wildman–Crippen LogP) is 5.05. The van der Waals surface area contributed by atoms with Crippen LogP contribution in [0.15, 0.2) is 35.3 Å². The van der Waals surface area contributed by atoms with Crippen molar-refractivity contribution in [2.24, 2.45) is 4.99 Å². The van der Waals surface area contributed by atoms with Gasteiger partial charge in [-0.25, -0.2) is 8.78 Å². The fourth-order valence-electron chi connectivity index (χ4n) is 2.32. The van der Waals surface area contributed by atoms with Crippen LogP contribution in [-0.4, -0.2) is 10.5 Å². The molecule has 0 bridgehead atoms. The minimum Gasteiger partial charge on any atom is -0.314 e. The Morgan fingerprint density at radius 2 is 2.00 bits per heavy atom. The van der Waals surface area contributed by atoms with Gasteiger partial charge in [-0.3, -0.25) is 4.79 Å². The molecule has 0 atom stereocenters. The lowest BCUT2D eigenvalue weighted by Crippen LogP contribution is -2.16. The van der Waals surface area contributed by atoms with Crippen molar-refractivity contribution in [1.82, 2.24) is 4.57 Å². The quantitative estimate of drug-likeness (QED) is 0.606. The van der Waals surface area contributed by atoms with Gasteiger partial charge in [-0.15, -0.1) is 0 Å². The Labute approximate surface area is 149 Å². The molecular formula is C16H10Cl2F2N2OS. The van der Waals surface area contributed by atoms with Gasteiger partial charge < -0.3 is 4.57 Å². The van der Waals surface area contributed by atoms with Crippen molar-refractivity contribution in [2.45, 2.75) is 13.5 Å². The average Bonchev–Trinajstić information content (AvgIpc) is 2.86. The van der Waals surface area contributed by atoms with Gasteiger partial charge in [-0.05, 0) is 31.2 Å². The lowest BCUT2D eigenvalue weighted by Gasteiger charge is -2.02. The fourth-order valence-corrected chi connectivity index (χ4v) is 3.82. The molecule has 0 radical (unpaired) electrons. The van der Waals surface area contributed by atoms with Crippen molar-refractivity contribution in [3.63, 3.8) is 0 Å². The highest BCUT2D eigenvalue weighted by molar-refractivity contribution is 7.16. The van der Waals surface area contributed by atoms with Gasteiger partial charge in [0.05, 0.1) is 20.8 Å². The third-order valence-electron chi connectivity index (χ3n) is 3.37. The number of halogens is 4. The van der Waals surface area contributed by atoms with Crippen LogP contribution in [0.4, 0.5) is 8.78 Å². The minimum atomic E-state index is -0.696. The molecular weight excluding hydrogens is 377 g/mol. The van der Waals surface area contributed by atoms with Crippen LogP contribution in [0.3, 0.4) is 0 Å². The predicted molar refractivity (Wildman–Crippen MR) is 91.8 cm³/mol. The Balaban J connectivity index is 2.21. The number of thiazole rings is 1. The second-order valence-electron chi connectivity index (χ2n) is 4.90. The van der Waals surface area contributed by atoms with Gasteiger partial charge >= 0.3 is 0 Å². The Bertz CT molecular complexity index is 1030. The number of benzene rings is 2. The third kappa shape index (κ3) is 3.09. The molecule has 8 heteroatoms. The van der Waals surface area contributed by atoms with Crippen molar-refractivity contribution in [1.29, 1.82) is 0 Å². The van der Waals surface area contributed by atoms with Crippen LogP contribution in [-0.2, 0) is 6.54 Å². The average molecular weight is 387 g/mol. The molecule has 0 fully saturated rings. The molecule has 2 aromatic carbocycles. The van der Waals surface area contributed by atoms with Crippen molar-refractivity contribution < 1.29 is 13.6 Å². The van der Waals surface area contributed by atoms with E-state index >= 15 is 0 Å². The van der Waals surface area contributed by atoms with E-state index in [0.717, 1.165) is 17.4 Å². The van der Waals surface area contributed by atoms with Gasteiger partial charge in [0.25, 0.3) is 5.91 Å². The maximum atomic E-state index is 14.1. The van der Waals surface area contributed by atoms with Crippen LogP contribution < -0.4 is 4.80 Å². The number of aryl methyl sites for hydroxylation is 1. The van der Waals surface area contributed by atoms with Crippen molar-refractivity contribution in [3.05, 3.63) is 62.4 Å². The molecule has 1 aromatic heterocycles. The zero-order valence-corrected chi connectivity index (χ0v) is 14.6. The van der Waals surface area contributed by atoms with Crippen LogP contribution in [0.5, 0.6) is 0 Å². The normalized spacial score (nSPS) is 12.1. The van der Waals surface area contributed by atoms with E-state index < -0.39 is 17.5 Å². The van der Waals surface area contributed by atoms with Crippen molar-refractivity contribution in [3.8, 4) is 0 Å². The molecule has 0 aliphatic heterocycles. The smallest absolute Gasteiger partial charge is 0.281 e. The number of aromatic nitrogens is 1. The van der Waals surface area contributed by atoms with Crippen LogP contribution in [0.1, 0.15) is 17.3 Å². The summed E-state index contributed by atoms with van der Waals surface area (Å²) in [5, 5.41) is 0.570. The van der Waals surface area contributed by atoms with E-state index in [0.29, 0.717) is 16.3 Å². The topological polar surface area (TPSA) is 34.4 Å². The van der Waals surface area contributed by atoms with Crippen LogP contribution >= 0.6 is 34.5 Å². The van der Waals surface area contributed by atoms with Gasteiger partial charge in [-0.2, -0.15) is 4.99 Å². The number of carbonyl (C=O) groups excluding carboxylic acids is 1. The summed E-state index contributed by atoms with van der Waals surface area (Å²) in [6, 6.07) is 6.50. The first-order valence-corrected chi connectivity index (χ1v) is 8.50. The third-order valence-corrected chi connectivity index (χ3v) is 4.96. The molecule has 24 heavy (non-hydrogen) atoms. The molecule has 0 aliphatic rings. The highest BCUT2D eigenvalue weighted by Crippen LogP contribution is 2.24. The Morgan fingerprint density at radius 3 is 2.71 bits per heavy atom.